The molecule has 150 valence electrons. The summed E-state index contributed by atoms with van der Waals surface area (Å²) in [7, 11) is 0. The van der Waals surface area contributed by atoms with E-state index in [1.807, 2.05) is 50.2 Å². The van der Waals surface area contributed by atoms with Gasteiger partial charge in [0.1, 0.15) is 11.1 Å². The number of amides is 1. The number of carbonyl (C=O) groups excluding carboxylic acids is 2. The van der Waals surface area contributed by atoms with Crippen LogP contribution in [0.25, 0.3) is 21.7 Å². The molecule has 0 radical (unpaired) electrons. The van der Waals surface area contributed by atoms with Crippen molar-refractivity contribution in [3.63, 3.8) is 0 Å². The molecule has 3 aromatic rings. The molecule has 0 saturated heterocycles. The summed E-state index contributed by atoms with van der Waals surface area (Å²) in [6.45, 7) is 8.56. The van der Waals surface area contributed by atoms with Gasteiger partial charge in [0, 0.05) is 16.3 Å². The lowest BCUT2D eigenvalue weighted by Crippen LogP contribution is -2.52. The first kappa shape index (κ1) is 20.4. The number of aryl methyl sites for hydroxylation is 1. The van der Waals surface area contributed by atoms with Gasteiger partial charge in [0.15, 0.2) is 6.10 Å². The van der Waals surface area contributed by atoms with Crippen LogP contribution in [0.3, 0.4) is 0 Å². The number of nitriles is 1. The van der Waals surface area contributed by atoms with E-state index >= 15 is 0 Å². The van der Waals surface area contributed by atoms with Crippen molar-refractivity contribution >= 4 is 33.6 Å². The Balaban J connectivity index is 1.85. The number of nitrogens with zero attached hydrogens (tertiary/aromatic N) is 1. The van der Waals surface area contributed by atoms with Gasteiger partial charge in [-0.3, -0.25) is 4.79 Å². The smallest absolute Gasteiger partial charge is 0.375 e. The molecule has 1 amide bonds. The van der Waals surface area contributed by atoms with Crippen molar-refractivity contribution in [3.8, 4) is 6.07 Å². The minimum absolute atomic E-state index is 0.0721. The minimum atomic E-state index is -1.07. The van der Waals surface area contributed by atoms with Gasteiger partial charge in [-0.1, -0.05) is 50.2 Å². The third kappa shape index (κ3) is 3.68. The molecule has 1 N–H and O–H groups in total. The number of hydrogen-bond acceptors (Lipinski definition) is 5. The van der Waals surface area contributed by atoms with Gasteiger partial charge >= 0.3 is 5.97 Å². The first-order chi connectivity index (χ1) is 13.7. The van der Waals surface area contributed by atoms with E-state index in [1.165, 1.54) is 6.92 Å². The van der Waals surface area contributed by atoms with Crippen molar-refractivity contribution in [3.05, 3.63) is 47.7 Å². The summed E-state index contributed by atoms with van der Waals surface area (Å²) in [5.74, 6) is -1.28. The first-order valence-corrected chi connectivity index (χ1v) is 9.53. The van der Waals surface area contributed by atoms with E-state index in [4.69, 9.17) is 9.15 Å². The van der Waals surface area contributed by atoms with Crippen molar-refractivity contribution in [2.45, 2.75) is 46.3 Å². The van der Waals surface area contributed by atoms with Gasteiger partial charge in [-0.15, -0.1) is 0 Å². The molecule has 0 fully saturated rings. The molecule has 0 bridgehead atoms. The quantitative estimate of drug-likeness (QED) is 0.646. The Morgan fingerprint density at radius 3 is 2.48 bits per heavy atom. The molecule has 2 atom stereocenters. The van der Waals surface area contributed by atoms with Crippen LogP contribution in [0, 0.1) is 24.2 Å². The van der Waals surface area contributed by atoms with Crippen LogP contribution in [0.5, 0.6) is 0 Å². The highest BCUT2D eigenvalue weighted by molar-refractivity contribution is 6.08. The number of furan rings is 1. The van der Waals surface area contributed by atoms with Gasteiger partial charge in [-0.2, -0.15) is 5.26 Å². The van der Waals surface area contributed by atoms with Gasteiger partial charge < -0.3 is 14.5 Å². The third-order valence-electron chi connectivity index (χ3n) is 5.44. The Bertz CT molecular complexity index is 1140. The number of benzene rings is 2. The predicted molar refractivity (Wildman–Crippen MR) is 110 cm³/mol. The number of hydrogen-bond donors (Lipinski definition) is 1. The summed E-state index contributed by atoms with van der Waals surface area (Å²) in [4.78, 5) is 25.1. The Labute approximate surface area is 169 Å². The summed E-state index contributed by atoms with van der Waals surface area (Å²) in [6.07, 6.45) is -1.07. The maximum atomic E-state index is 12.7. The zero-order valence-corrected chi connectivity index (χ0v) is 17.2. The zero-order chi connectivity index (χ0) is 21.3. The van der Waals surface area contributed by atoms with Crippen molar-refractivity contribution < 1.29 is 18.7 Å². The van der Waals surface area contributed by atoms with E-state index in [2.05, 4.69) is 11.4 Å². The van der Waals surface area contributed by atoms with Crippen LogP contribution in [-0.4, -0.2) is 23.5 Å². The molecule has 0 aliphatic carbocycles. The topological polar surface area (TPSA) is 92.3 Å². The highest BCUT2D eigenvalue weighted by atomic mass is 16.6. The Hall–Kier alpha value is -3.33. The maximum Gasteiger partial charge on any atom is 0.375 e. The number of fused-ring (bicyclic) bond motifs is 3. The highest BCUT2D eigenvalue weighted by Gasteiger charge is 2.33. The van der Waals surface area contributed by atoms with Gasteiger partial charge in [0.05, 0.1) is 6.07 Å². The van der Waals surface area contributed by atoms with Crippen molar-refractivity contribution in [1.29, 1.82) is 5.26 Å². The zero-order valence-electron chi connectivity index (χ0n) is 17.2. The largest absolute Gasteiger partial charge is 0.448 e. The summed E-state index contributed by atoms with van der Waals surface area (Å²) < 4.78 is 11.2. The molecule has 6 nitrogen and oxygen atoms in total. The molecule has 1 heterocycles. The molecule has 6 heteroatoms. The first-order valence-electron chi connectivity index (χ1n) is 9.53. The molecule has 0 saturated carbocycles. The fourth-order valence-corrected chi connectivity index (χ4v) is 3.07. The second kappa shape index (κ2) is 7.59. The van der Waals surface area contributed by atoms with Crippen molar-refractivity contribution in [2.75, 3.05) is 0 Å². The number of nitrogens with one attached hydrogen (secondary N) is 1. The van der Waals surface area contributed by atoms with Gasteiger partial charge in [0.2, 0.25) is 5.76 Å². The number of ether oxygens (including phenoxy) is 1. The van der Waals surface area contributed by atoms with Crippen LogP contribution in [-0.2, 0) is 9.53 Å². The lowest BCUT2D eigenvalue weighted by Gasteiger charge is -2.28. The average Bonchev–Trinajstić information content (AvgIpc) is 3.04. The fourth-order valence-electron chi connectivity index (χ4n) is 3.07. The lowest BCUT2D eigenvalue weighted by atomic mass is 9.90. The summed E-state index contributed by atoms with van der Waals surface area (Å²) in [5.41, 5.74) is 0.222. The second-order valence-electron chi connectivity index (χ2n) is 7.73. The van der Waals surface area contributed by atoms with Gasteiger partial charge in [-0.05, 0) is 32.1 Å². The van der Waals surface area contributed by atoms with E-state index in [9.17, 15) is 14.9 Å². The van der Waals surface area contributed by atoms with Gasteiger partial charge in [-0.25, -0.2) is 4.79 Å². The maximum absolute atomic E-state index is 12.7. The third-order valence-corrected chi connectivity index (χ3v) is 5.44. The molecule has 2 aromatic carbocycles. The molecule has 0 aliphatic heterocycles. The molecular formula is C23H24N2O4. The van der Waals surface area contributed by atoms with Crippen molar-refractivity contribution in [1.82, 2.24) is 5.32 Å². The van der Waals surface area contributed by atoms with Crippen LogP contribution >= 0.6 is 0 Å². The second-order valence-corrected chi connectivity index (χ2v) is 7.73. The van der Waals surface area contributed by atoms with Crippen LogP contribution in [0.2, 0.25) is 0 Å². The molecular weight excluding hydrogens is 368 g/mol. The van der Waals surface area contributed by atoms with Crippen LogP contribution in [0.15, 0.2) is 40.8 Å². The van der Waals surface area contributed by atoms with Crippen LogP contribution in [0.4, 0.5) is 0 Å². The number of carbonyl (C=O) groups is 2. The fraction of sp³-hybridized carbons (Fsp3) is 0.348. The van der Waals surface area contributed by atoms with Gasteiger partial charge in [0.25, 0.3) is 5.91 Å². The predicted octanol–water partition coefficient (Wildman–Crippen LogP) is 4.49. The minimum Gasteiger partial charge on any atom is -0.448 e. The summed E-state index contributed by atoms with van der Waals surface area (Å²) in [6, 6.07) is 13.7. The Kier molecular flexibility index (Phi) is 5.34. The standard InChI is InChI=1S/C23H24N2O4/c1-13(2)23(5,12-24)25-21(26)15(4)28-22(27)19-14(3)17-11-10-16-8-6-7-9-18(16)20(17)29-19/h6-11,13,15H,1-5H3,(H,25,26). The Morgan fingerprint density at radius 2 is 1.83 bits per heavy atom. The van der Waals surface area contributed by atoms with E-state index < -0.39 is 23.5 Å². The SMILES string of the molecule is Cc1c(C(=O)OC(C)C(=O)NC(C)(C#N)C(C)C)oc2c1ccc1ccccc12. The molecule has 0 aliphatic rings. The van der Waals surface area contributed by atoms with Crippen LogP contribution in [0.1, 0.15) is 43.8 Å². The Morgan fingerprint density at radius 1 is 1.14 bits per heavy atom. The van der Waals surface area contributed by atoms with E-state index in [0.717, 1.165) is 16.2 Å². The lowest BCUT2D eigenvalue weighted by molar-refractivity contribution is -0.130. The highest BCUT2D eigenvalue weighted by Crippen LogP contribution is 2.32. The van der Waals surface area contributed by atoms with E-state index in [1.54, 1.807) is 13.8 Å². The molecule has 2 unspecified atom stereocenters. The molecule has 0 spiro atoms. The average molecular weight is 392 g/mol. The number of rotatable bonds is 5. The normalized spacial score (nSPS) is 14.4. The molecule has 3 rings (SSSR count). The van der Waals surface area contributed by atoms with Crippen LogP contribution < -0.4 is 5.32 Å². The van der Waals surface area contributed by atoms with E-state index in [0.29, 0.717) is 11.1 Å². The summed E-state index contributed by atoms with van der Waals surface area (Å²) >= 11 is 0. The number of esters is 1. The molecule has 29 heavy (non-hydrogen) atoms. The summed E-state index contributed by atoms with van der Waals surface area (Å²) in [5, 5.41) is 14.8. The monoisotopic (exact) mass is 392 g/mol. The molecule has 1 aromatic heterocycles. The van der Waals surface area contributed by atoms with Crippen molar-refractivity contribution in [2.24, 2.45) is 5.92 Å². The van der Waals surface area contributed by atoms with E-state index in [-0.39, 0.29) is 11.7 Å².